The van der Waals surface area contributed by atoms with E-state index in [4.69, 9.17) is 11.6 Å². The van der Waals surface area contributed by atoms with E-state index in [1.807, 2.05) is 0 Å². The molecule has 1 aliphatic heterocycles. The van der Waals surface area contributed by atoms with E-state index in [0.29, 0.717) is 10.7 Å². The lowest BCUT2D eigenvalue weighted by atomic mass is 10.2. The monoisotopic (exact) mass is 324 g/mol. The Balaban J connectivity index is 2.18. The molecule has 22 heavy (non-hydrogen) atoms. The van der Waals surface area contributed by atoms with Gasteiger partial charge in [-0.1, -0.05) is 23.7 Å². The molecule has 0 saturated carbocycles. The number of aliphatic imine (C=N–C) groups is 1. The van der Waals surface area contributed by atoms with Crippen molar-refractivity contribution in [1.82, 2.24) is 9.47 Å². The second kappa shape index (κ2) is 5.23. The minimum atomic E-state index is -4.51. The average Bonchev–Trinajstić information content (AvgIpc) is 2.97. The van der Waals surface area contributed by atoms with Gasteiger partial charge in [0.15, 0.2) is 11.4 Å². The third-order valence-electron chi connectivity index (χ3n) is 3.28. The summed E-state index contributed by atoms with van der Waals surface area (Å²) in [6.07, 6.45) is 0.167. The van der Waals surface area contributed by atoms with E-state index >= 15 is 0 Å². The summed E-state index contributed by atoms with van der Waals surface area (Å²) in [6.45, 7) is 0. The van der Waals surface area contributed by atoms with Gasteiger partial charge in [0.05, 0.1) is 6.20 Å². The molecule has 7 heteroatoms. The van der Waals surface area contributed by atoms with Crippen LogP contribution in [0.1, 0.15) is 5.69 Å². The van der Waals surface area contributed by atoms with Crippen molar-refractivity contribution in [1.29, 1.82) is 0 Å². The highest BCUT2D eigenvalue weighted by Crippen LogP contribution is 2.37. The zero-order valence-corrected chi connectivity index (χ0v) is 11.9. The molecule has 0 radical (unpaired) electrons. The molecule has 0 N–H and O–H groups in total. The largest absolute Gasteiger partial charge is 0.433 e. The zero-order chi connectivity index (χ0) is 15.8. The summed E-state index contributed by atoms with van der Waals surface area (Å²) < 4.78 is 38.6. The second-order valence-electron chi connectivity index (χ2n) is 4.70. The summed E-state index contributed by atoms with van der Waals surface area (Å²) in [5.41, 5.74) is -0.296. The number of aromatic nitrogens is 1. The van der Waals surface area contributed by atoms with Crippen molar-refractivity contribution in [3.63, 3.8) is 0 Å². The number of hydrogen-bond donors (Lipinski definition) is 0. The van der Waals surface area contributed by atoms with E-state index in [0.717, 1.165) is 6.07 Å². The molecule has 0 aliphatic carbocycles. The molecule has 1 unspecified atom stereocenters. The zero-order valence-electron chi connectivity index (χ0n) is 11.1. The fourth-order valence-electron chi connectivity index (χ4n) is 2.24. The Labute approximate surface area is 129 Å². The van der Waals surface area contributed by atoms with Crippen LogP contribution in [0.5, 0.6) is 0 Å². The lowest BCUT2D eigenvalue weighted by molar-refractivity contribution is -0.141. The molecule has 1 aromatic heterocycles. The highest BCUT2D eigenvalue weighted by molar-refractivity contribution is 6.30. The summed E-state index contributed by atoms with van der Waals surface area (Å²) in [5, 5.41) is 0.482. The molecule has 3 nitrogen and oxygen atoms in total. The fourth-order valence-corrected chi connectivity index (χ4v) is 2.42. The molecule has 0 spiro atoms. The predicted octanol–water partition coefficient (Wildman–Crippen LogP) is 4.91. The van der Waals surface area contributed by atoms with Crippen LogP contribution in [0.4, 0.5) is 24.7 Å². The maximum atomic E-state index is 12.9. The lowest BCUT2D eigenvalue weighted by Gasteiger charge is -2.25. The smallest absolute Gasteiger partial charge is 0.205 e. The molecule has 112 valence electrons. The number of hydrogen-bond acceptors (Lipinski definition) is 2. The van der Waals surface area contributed by atoms with Crippen LogP contribution in [-0.2, 0) is 6.18 Å². The second-order valence-corrected chi connectivity index (χ2v) is 5.14. The molecular weight excluding hydrogens is 315 g/mol. The van der Waals surface area contributed by atoms with Crippen LogP contribution >= 0.6 is 11.6 Å². The van der Waals surface area contributed by atoms with Gasteiger partial charge < -0.3 is 0 Å². The van der Waals surface area contributed by atoms with Crippen molar-refractivity contribution in [3.05, 3.63) is 65.6 Å². The van der Waals surface area contributed by atoms with Gasteiger partial charge in [-0.2, -0.15) is 22.6 Å². The van der Waals surface area contributed by atoms with Gasteiger partial charge in [0.1, 0.15) is 6.20 Å². The quantitative estimate of drug-likeness (QED) is 0.721. The van der Waals surface area contributed by atoms with Crippen LogP contribution < -0.4 is 4.48 Å². The number of nitrogens with zero attached hydrogens (tertiary/aromatic N) is 3. The highest BCUT2D eigenvalue weighted by atomic mass is 35.5. The molecule has 0 bridgehead atoms. The van der Waals surface area contributed by atoms with Crippen molar-refractivity contribution < 1.29 is 13.2 Å². The van der Waals surface area contributed by atoms with Crippen molar-refractivity contribution in [2.75, 3.05) is 0 Å². The van der Waals surface area contributed by atoms with Crippen LogP contribution in [0.15, 0.2) is 59.9 Å². The van der Waals surface area contributed by atoms with E-state index in [1.165, 1.54) is 24.7 Å². The van der Waals surface area contributed by atoms with Gasteiger partial charge >= 0.3 is 6.18 Å². The number of benzene rings is 1. The first-order valence-corrected chi connectivity index (χ1v) is 6.71. The van der Waals surface area contributed by atoms with E-state index in [9.17, 15) is 13.2 Å². The van der Waals surface area contributed by atoms with Crippen LogP contribution in [0.3, 0.4) is 0 Å². The Bertz CT molecular complexity index is 757. The minimum absolute atomic E-state index is 0.148. The van der Waals surface area contributed by atoms with E-state index in [1.54, 1.807) is 30.5 Å². The van der Waals surface area contributed by atoms with E-state index in [2.05, 4.69) is 9.98 Å². The topological polar surface area (TPSA) is 25.2 Å². The van der Waals surface area contributed by atoms with Gasteiger partial charge in [-0.15, -0.1) is 0 Å². The standard InChI is InChI=1S/C15H10ClF3N3/c16-11-3-1-4-12(9-11)22(8-7-20-10-22)14-6-2-5-13(21-14)15(17,18)19/h1-10H/q+1. The Morgan fingerprint density at radius 1 is 1.05 bits per heavy atom. The molecule has 1 aromatic carbocycles. The molecule has 1 aliphatic rings. The Hall–Kier alpha value is -2.18. The van der Waals surface area contributed by atoms with Crippen LogP contribution in [0.25, 0.3) is 0 Å². The van der Waals surface area contributed by atoms with Crippen LogP contribution in [0, 0.1) is 0 Å². The van der Waals surface area contributed by atoms with Crippen molar-refractivity contribution in [3.8, 4) is 0 Å². The average molecular weight is 325 g/mol. The highest BCUT2D eigenvalue weighted by Gasteiger charge is 2.38. The third-order valence-corrected chi connectivity index (χ3v) is 3.51. The number of halogens is 4. The van der Waals surface area contributed by atoms with Crippen LogP contribution in [0.2, 0.25) is 5.02 Å². The summed E-state index contributed by atoms with van der Waals surface area (Å²) in [7, 11) is 0. The molecule has 1 atom stereocenters. The SMILES string of the molecule is FC(F)(F)c1cccc([N+]2(c3cccc(Cl)c3)C=CN=C2)n1. The number of quaternary nitrogens is 1. The van der Waals surface area contributed by atoms with Crippen molar-refractivity contribution >= 4 is 29.4 Å². The van der Waals surface area contributed by atoms with Gasteiger partial charge in [-0.25, -0.2) is 4.99 Å². The normalized spacial score (nSPS) is 20.5. The third kappa shape index (κ3) is 2.51. The molecule has 2 aromatic rings. The summed E-state index contributed by atoms with van der Waals surface area (Å²) in [6, 6.07) is 10.6. The predicted molar refractivity (Wildman–Crippen MR) is 79.8 cm³/mol. The van der Waals surface area contributed by atoms with Crippen LogP contribution in [-0.4, -0.2) is 11.3 Å². The minimum Gasteiger partial charge on any atom is -0.205 e. The number of alkyl halides is 3. The maximum absolute atomic E-state index is 12.9. The molecule has 0 amide bonds. The Morgan fingerprint density at radius 2 is 1.82 bits per heavy atom. The van der Waals surface area contributed by atoms with Crippen molar-refractivity contribution in [2.24, 2.45) is 4.99 Å². The molecule has 0 fully saturated rings. The van der Waals surface area contributed by atoms with Gasteiger partial charge in [0, 0.05) is 23.2 Å². The first-order chi connectivity index (χ1) is 10.4. The Kier molecular flexibility index (Phi) is 3.50. The molecule has 2 heterocycles. The number of pyridine rings is 1. The number of rotatable bonds is 2. The van der Waals surface area contributed by atoms with E-state index < -0.39 is 11.9 Å². The lowest BCUT2D eigenvalue weighted by Crippen LogP contribution is -2.36. The summed E-state index contributed by atoms with van der Waals surface area (Å²) >= 11 is 6.00. The van der Waals surface area contributed by atoms with Crippen molar-refractivity contribution in [2.45, 2.75) is 6.18 Å². The molecule has 3 rings (SSSR count). The van der Waals surface area contributed by atoms with Gasteiger partial charge in [0.2, 0.25) is 12.2 Å². The first kappa shape index (κ1) is 14.7. The maximum Gasteiger partial charge on any atom is 0.433 e. The Morgan fingerprint density at radius 3 is 2.45 bits per heavy atom. The van der Waals surface area contributed by atoms with E-state index in [-0.39, 0.29) is 10.3 Å². The fraction of sp³-hybridized carbons (Fsp3) is 0.0667. The molecule has 0 saturated heterocycles. The summed E-state index contributed by atoms with van der Waals surface area (Å²) in [4.78, 5) is 7.78. The first-order valence-electron chi connectivity index (χ1n) is 6.33. The van der Waals surface area contributed by atoms with Gasteiger partial charge in [-0.3, -0.25) is 0 Å². The summed E-state index contributed by atoms with van der Waals surface area (Å²) in [5.74, 6) is 0.189. The van der Waals surface area contributed by atoms with Gasteiger partial charge in [0.25, 0.3) is 0 Å². The molecular formula is C15H10ClF3N3+. The van der Waals surface area contributed by atoms with Gasteiger partial charge in [-0.05, 0) is 12.1 Å².